The molecule has 1 aliphatic rings. The highest BCUT2D eigenvalue weighted by molar-refractivity contribution is 5.77. The highest BCUT2D eigenvalue weighted by atomic mass is 16.5. The lowest BCUT2D eigenvalue weighted by molar-refractivity contribution is -0.141. The number of carbonyl (C=O) groups excluding carboxylic acids is 2. The normalized spacial score (nSPS) is 16.5. The molecule has 4 nitrogen and oxygen atoms in total. The lowest BCUT2D eigenvalue weighted by atomic mass is 10.0. The first-order valence-electron chi connectivity index (χ1n) is 5.64. The van der Waals surface area contributed by atoms with E-state index >= 15 is 0 Å². The zero-order valence-electron chi connectivity index (χ0n) is 9.43. The van der Waals surface area contributed by atoms with E-state index in [-0.39, 0.29) is 11.9 Å². The molecule has 0 amide bonds. The Hall–Kier alpha value is -1.68. The number of aldehydes is 1. The van der Waals surface area contributed by atoms with E-state index in [1.54, 1.807) is 24.3 Å². The van der Waals surface area contributed by atoms with E-state index in [2.05, 4.69) is 0 Å². The fourth-order valence-corrected chi connectivity index (χ4v) is 1.75. The van der Waals surface area contributed by atoms with Crippen molar-refractivity contribution in [1.29, 1.82) is 0 Å². The first-order valence-corrected chi connectivity index (χ1v) is 5.64. The number of benzene rings is 1. The van der Waals surface area contributed by atoms with Gasteiger partial charge in [0.15, 0.2) is 0 Å². The molecular weight excluding hydrogens is 220 g/mol. The molecule has 17 heavy (non-hydrogen) atoms. The van der Waals surface area contributed by atoms with Crippen molar-refractivity contribution in [2.24, 2.45) is 5.92 Å². The van der Waals surface area contributed by atoms with Crippen molar-refractivity contribution in [2.45, 2.75) is 12.8 Å². The summed E-state index contributed by atoms with van der Waals surface area (Å²) in [6, 6.07) is 6.50. The summed E-state index contributed by atoms with van der Waals surface area (Å²) in [4.78, 5) is 22.2. The van der Waals surface area contributed by atoms with E-state index in [0.29, 0.717) is 37.4 Å². The molecule has 0 aliphatic carbocycles. The zero-order valence-corrected chi connectivity index (χ0v) is 9.43. The van der Waals surface area contributed by atoms with Gasteiger partial charge in [0.25, 0.3) is 0 Å². The first kappa shape index (κ1) is 11.8. The summed E-state index contributed by atoms with van der Waals surface area (Å²) in [7, 11) is 0. The molecule has 0 N–H and O–H groups in total. The molecule has 0 spiro atoms. The maximum atomic E-state index is 11.8. The SMILES string of the molecule is O=Cc1ccc(OC(=O)C2CCOCC2)cc1. The summed E-state index contributed by atoms with van der Waals surface area (Å²) >= 11 is 0. The largest absolute Gasteiger partial charge is 0.426 e. The van der Waals surface area contributed by atoms with Crippen LogP contribution in [0, 0.1) is 5.92 Å². The summed E-state index contributed by atoms with van der Waals surface area (Å²) in [6.45, 7) is 1.23. The highest BCUT2D eigenvalue weighted by Crippen LogP contribution is 2.19. The molecule has 1 saturated heterocycles. The molecule has 1 aliphatic heterocycles. The van der Waals surface area contributed by atoms with Crippen molar-refractivity contribution in [3.63, 3.8) is 0 Å². The van der Waals surface area contributed by atoms with Gasteiger partial charge in [-0.25, -0.2) is 0 Å². The Morgan fingerprint density at radius 2 is 1.88 bits per heavy atom. The third kappa shape index (κ3) is 3.14. The van der Waals surface area contributed by atoms with Gasteiger partial charge in [0.05, 0.1) is 5.92 Å². The minimum Gasteiger partial charge on any atom is -0.426 e. The minimum atomic E-state index is -0.216. The second-order valence-electron chi connectivity index (χ2n) is 3.99. The summed E-state index contributed by atoms with van der Waals surface area (Å²) in [5.74, 6) is 0.189. The Balaban J connectivity index is 1.94. The van der Waals surface area contributed by atoms with Gasteiger partial charge in [0.1, 0.15) is 12.0 Å². The molecule has 0 unspecified atom stereocenters. The first-order chi connectivity index (χ1) is 8.29. The van der Waals surface area contributed by atoms with Gasteiger partial charge in [-0.2, -0.15) is 0 Å². The third-order valence-corrected chi connectivity index (χ3v) is 2.79. The fourth-order valence-electron chi connectivity index (χ4n) is 1.75. The molecule has 0 atom stereocenters. The summed E-state index contributed by atoms with van der Waals surface area (Å²) in [6.07, 6.45) is 2.18. The van der Waals surface area contributed by atoms with Crippen LogP contribution in [-0.4, -0.2) is 25.5 Å². The molecule has 4 heteroatoms. The highest BCUT2D eigenvalue weighted by Gasteiger charge is 2.23. The van der Waals surface area contributed by atoms with E-state index in [1.165, 1.54) is 0 Å². The van der Waals surface area contributed by atoms with Crippen LogP contribution >= 0.6 is 0 Å². The molecule has 1 aromatic carbocycles. The molecule has 1 fully saturated rings. The second kappa shape index (κ2) is 5.59. The van der Waals surface area contributed by atoms with Crippen molar-refractivity contribution < 1.29 is 19.1 Å². The van der Waals surface area contributed by atoms with Gasteiger partial charge >= 0.3 is 5.97 Å². The van der Waals surface area contributed by atoms with Crippen molar-refractivity contribution in [1.82, 2.24) is 0 Å². The maximum Gasteiger partial charge on any atom is 0.314 e. The van der Waals surface area contributed by atoms with Gasteiger partial charge in [-0.15, -0.1) is 0 Å². The van der Waals surface area contributed by atoms with Gasteiger partial charge in [0.2, 0.25) is 0 Å². The quantitative estimate of drug-likeness (QED) is 0.455. The standard InChI is InChI=1S/C13H14O4/c14-9-10-1-3-12(4-2-10)17-13(15)11-5-7-16-8-6-11/h1-4,9,11H,5-8H2. The molecular formula is C13H14O4. The Morgan fingerprint density at radius 3 is 2.47 bits per heavy atom. The van der Waals surface area contributed by atoms with Crippen LogP contribution < -0.4 is 4.74 Å². The van der Waals surface area contributed by atoms with Gasteiger partial charge in [-0.1, -0.05) is 0 Å². The average Bonchev–Trinajstić information content (AvgIpc) is 2.40. The number of rotatable bonds is 3. The molecule has 0 aromatic heterocycles. The number of hydrogen-bond acceptors (Lipinski definition) is 4. The molecule has 0 bridgehead atoms. The zero-order chi connectivity index (χ0) is 12.1. The van der Waals surface area contributed by atoms with Gasteiger partial charge in [-0.05, 0) is 37.1 Å². The number of esters is 1. The second-order valence-corrected chi connectivity index (χ2v) is 3.99. The van der Waals surface area contributed by atoms with E-state index in [9.17, 15) is 9.59 Å². The van der Waals surface area contributed by atoms with Crippen LogP contribution in [0.15, 0.2) is 24.3 Å². The Kier molecular flexibility index (Phi) is 3.88. The maximum absolute atomic E-state index is 11.8. The van der Waals surface area contributed by atoms with Crippen LogP contribution in [0.25, 0.3) is 0 Å². The third-order valence-electron chi connectivity index (χ3n) is 2.79. The Labute approximate surface area is 99.5 Å². The fraction of sp³-hybridized carbons (Fsp3) is 0.385. The lowest BCUT2D eigenvalue weighted by Gasteiger charge is -2.20. The van der Waals surface area contributed by atoms with Crippen LogP contribution in [0.2, 0.25) is 0 Å². The molecule has 90 valence electrons. The predicted molar refractivity (Wildman–Crippen MR) is 61.0 cm³/mol. The lowest BCUT2D eigenvalue weighted by Crippen LogP contribution is -2.27. The Morgan fingerprint density at radius 1 is 1.24 bits per heavy atom. The Bertz CT molecular complexity index is 390. The average molecular weight is 234 g/mol. The van der Waals surface area contributed by atoms with E-state index in [0.717, 1.165) is 6.29 Å². The van der Waals surface area contributed by atoms with Crippen molar-refractivity contribution in [2.75, 3.05) is 13.2 Å². The van der Waals surface area contributed by atoms with Crippen LogP contribution in [0.5, 0.6) is 5.75 Å². The monoisotopic (exact) mass is 234 g/mol. The van der Waals surface area contributed by atoms with Gasteiger partial charge in [-0.3, -0.25) is 9.59 Å². The summed E-state index contributed by atoms with van der Waals surface area (Å²) in [5, 5.41) is 0. The van der Waals surface area contributed by atoms with Crippen LogP contribution in [-0.2, 0) is 9.53 Å². The molecule has 0 radical (unpaired) electrons. The van der Waals surface area contributed by atoms with E-state index in [4.69, 9.17) is 9.47 Å². The van der Waals surface area contributed by atoms with Gasteiger partial charge in [0, 0.05) is 18.8 Å². The van der Waals surface area contributed by atoms with Crippen molar-refractivity contribution in [3.05, 3.63) is 29.8 Å². The minimum absolute atomic E-state index is 0.0745. The number of ether oxygens (including phenoxy) is 2. The molecule has 1 aromatic rings. The predicted octanol–water partition coefficient (Wildman–Crippen LogP) is 1.83. The summed E-state index contributed by atoms with van der Waals surface area (Å²) in [5.41, 5.74) is 0.566. The van der Waals surface area contributed by atoms with Crippen LogP contribution in [0.3, 0.4) is 0 Å². The number of hydrogen-bond donors (Lipinski definition) is 0. The van der Waals surface area contributed by atoms with E-state index < -0.39 is 0 Å². The van der Waals surface area contributed by atoms with Crippen LogP contribution in [0.1, 0.15) is 23.2 Å². The van der Waals surface area contributed by atoms with Crippen molar-refractivity contribution in [3.8, 4) is 5.75 Å². The molecule has 2 rings (SSSR count). The van der Waals surface area contributed by atoms with E-state index in [1.807, 2.05) is 0 Å². The molecule has 1 heterocycles. The van der Waals surface area contributed by atoms with Crippen LogP contribution in [0.4, 0.5) is 0 Å². The smallest absolute Gasteiger partial charge is 0.314 e. The summed E-state index contributed by atoms with van der Waals surface area (Å²) < 4.78 is 10.4. The van der Waals surface area contributed by atoms with Crippen molar-refractivity contribution >= 4 is 12.3 Å². The van der Waals surface area contributed by atoms with Gasteiger partial charge < -0.3 is 9.47 Å². The topological polar surface area (TPSA) is 52.6 Å². The molecule has 0 saturated carbocycles. The number of carbonyl (C=O) groups is 2.